The largest absolute Gasteiger partial charge is 0.497 e. The first-order valence-electron chi connectivity index (χ1n) is 7.09. The molecule has 0 spiro atoms. The van der Waals surface area contributed by atoms with Gasteiger partial charge < -0.3 is 10.5 Å². The zero-order valence-electron chi connectivity index (χ0n) is 12.6. The van der Waals surface area contributed by atoms with Crippen molar-refractivity contribution in [3.63, 3.8) is 0 Å². The highest BCUT2D eigenvalue weighted by Crippen LogP contribution is 2.22. The molecule has 0 bridgehead atoms. The number of nitrogens with one attached hydrogen (secondary N) is 1. The minimum absolute atomic E-state index is 0.312. The van der Waals surface area contributed by atoms with Gasteiger partial charge in [0.05, 0.1) is 18.8 Å². The van der Waals surface area contributed by atoms with Crippen LogP contribution in [0.3, 0.4) is 0 Å². The fourth-order valence-corrected chi connectivity index (χ4v) is 2.29. The van der Waals surface area contributed by atoms with Crippen LogP contribution >= 0.6 is 0 Å². The first kappa shape index (κ1) is 14.9. The van der Waals surface area contributed by atoms with Crippen LogP contribution < -0.4 is 16.0 Å². The van der Waals surface area contributed by atoms with E-state index in [4.69, 9.17) is 10.5 Å². The lowest BCUT2D eigenvalue weighted by atomic mass is 10.00. The van der Waals surface area contributed by atoms with Crippen LogP contribution in [0.15, 0.2) is 59.5 Å². The molecular weight excluding hydrogens is 292 g/mol. The Hall–Kier alpha value is -2.99. The molecule has 1 atom stereocenters. The predicted molar refractivity (Wildman–Crippen MR) is 87.1 cm³/mol. The number of hydrogen-bond acceptors (Lipinski definition) is 5. The van der Waals surface area contributed by atoms with Gasteiger partial charge in [0.25, 0.3) is 5.56 Å². The molecule has 2 aromatic heterocycles. The van der Waals surface area contributed by atoms with Crippen LogP contribution in [0.25, 0.3) is 11.4 Å². The van der Waals surface area contributed by atoms with Gasteiger partial charge in [0, 0.05) is 11.8 Å². The van der Waals surface area contributed by atoms with E-state index in [1.54, 1.807) is 19.4 Å². The number of nitrogens with two attached hydrogens (primary N) is 1. The highest BCUT2D eigenvalue weighted by Gasteiger charge is 2.15. The summed E-state index contributed by atoms with van der Waals surface area (Å²) in [5.74, 6) is 0.735. The summed E-state index contributed by atoms with van der Waals surface area (Å²) >= 11 is 0. The molecule has 0 radical (unpaired) electrons. The summed E-state index contributed by atoms with van der Waals surface area (Å²) in [5.41, 5.74) is 8.43. The van der Waals surface area contributed by atoms with Crippen LogP contribution in [0, 0.1) is 0 Å². The summed E-state index contributed by atoms with van der Waals surface area (Å²) in [6.07, 6.45) is 1.67. The van der Waals surface area contributed by atoms with E-state index < -0.39 is 6.04 Å². The van der Waals surface area contributed by atoms with Gasteiger partial charge in [0.1, 0.15) is 11.4 Å². The number of hydrogen-bond donors (Lipinski definition) is 2. The lowest BCUT2D eigenvalue weighted by Gasteiger charge is -2.13. The molecule has 0 aliphatic carbocycles. The second-order valence-corrected chi connectivity index (χ2v) is 5.00. The lowest BCUT2D eigenvalue weighted by molar-refractivity contribution is 0.414. The highest BCUT2D eigenvalue weighted by atomic mass is 16.5. The number of aromatic amines is 1. The third kappa shape index (κ3) is 3.12. The fraction of sp³-hybridized carbons (Fsp3) is 0.118. The third-order valence-corrected chi connectivity index (χ3v) is 3.57. The van der Waals surface area contributed by atoms with Crippen LogP contribution in [-0.2, 0) is 0 Å². The summed E-state index contributed by atoms with van der Waals surface area (Å²) in [7, 11) is 1.60. The topological polar surface area (TPSA) is 93.9 Å². The second-order valence-electron chi connectivity index (χ2n) is 5.00. The van der Waals surface area contributed by atoms with E-state index in [0.29, 0.717) is 17.0 Å². The SMILES string of the molecule is COc1ccc(C(N)c2cc(-c3ccccn3)n[nH]c2=O)cc1. The molecule has 0 fully saturated rings. The first-order valence-corrected chi connectivity index (χ1v) is 7.09. The van der Waals surface area contributed by atoms with Crippen molar-refractivity contribution >= 4 is 0 Å². The molecule has 23 heavy (non-hydrogen) atoms. The van der Waals surface area contributed by atoms with Gasteiger partial charge in [-0.3, -0.25) is 9.78 Å². The maximum Gasteiger partial charge on any atom is 0.269 e. The zero-order valence-corrected chi connectivity index (χ0v) is 12.6. The van der Waals surface area contributed by atoms with Crippen LogP contribution in [-0.4, -0.2) is 22.3 Å². The number of nitrogens with zero attached hydrogens (tertiary/aromatic N) is 2. The van der Waals surface area contributed by atoms with Crippen molar-refractivity contribution in [2.75, 3.05) is 7.11 Å². The summed E-state index contributed by atoms with van der Waals surface area (Å²) in [5, 5.41) is 6.53. The second kappa shape index (κ2) is 6.41. The van der Waals surface area contributed by atoms with Crippen molar-refractivity contribution in [3.8, 4) is 17.1 Å². The molecule has 0 saturated carbocycles. The van der Waals surface area contributed by atoms with E-state index in [9.17, 15) is 4.79 Å². The molecular formula is C17H16N4O2. The van der Waals surface area contributed by atoms with Crippen LogP contribution in [0.2, 0.25) is 0 Å². The van der Waals surface area contributed by atoms with Crippen molar-refractivity contribution in [1.82, 2.24) is 15.2 Å². The molecule has 6 nitrogen and oxygen atoms in total. The number of ether oxygens (including phenoxy) is 1. The Kier molecular flexibility index (Phi) is 4.16. The van der Waals surface area contributed by atoms with Gasteiger partial charge in [0.15, 0.2) is 0 Å². The van der Waals surface area contributed by atoms with Crippen molar-refractivity contribution < 1.29 is 4.74 Å². The number of benzene rings is 1. The fourth-order valence-electron chi connectivity index (χ4n) is 2.29. The number of aromatic nitrogens is 3. The van der Waals surface area contributed by atoms with Crippen molar-refractivity contribution in [2.24, 2.45) is 5.73 Å². The van der Waals surface area contributed by atoms with Crippen molar-refractivity contribution in [3.05, 3.63) is 76.2 Å². The predicted octanol–water partition coefficient (Wildman–Crippen LogP) is 1.89. The maximum atomic E-state index is 12.1. The minimum atomic E-state index is -0.560. The van der Waals surface area contributed by atoms with Crippen LogP contribution in [0.4, 0.5) is 0 Å². The quantitative estimate of drug-likeness (QED) is 0.767. The normalized spacial score (nSPS) is 11.9. The third-order valence-electron chi connectivity index (χ3n) is 3.57. The molecule has 3 aromatic rings. The van der Waals surface area contributed by atoms with E-state index in [1.165, 1.54) is 0 Å². The average molecular weight is 308 g/mol. The van der Waals surface area contributed by atoms with Crippen molar-refractivity contribution in [1.29, 1.82) is 0 Å². The number of H-pyrrole nitrogens is 1. The van der Waals surface area contributed by atoms with Gasteiger partial charge in [-0.05, 0) is 35.9 Å². The molecule has 0 aliphatic rings. The summed E-state index contributed by atoms with van der Waals surface area (Å²) in [6.45, 7) is 0. The Labute approximate surface area is 133 Å². The van der Waals surface area contributed by atoms with E-state index in [0.717, 1.165) is 11.3 Å². The van der Waals surface area contributed by atoms with Gasteiger partial charge in [-0.1, -0.05) is 18.2 Å². The van der Waals surface area contributed by atoms with Gasteiger partial charge in [-0.25, -0.2) is 5.10 Å². The summed E-state index contributed by atoms with van der Waals surface area (Å²) in [4.78, 5) is 16.3. The lowest BCUT2D eigenvalue weighted by Crippen LogP contribution is -2.23. The Bertz CT molecular complexity index is 844. The number of methoxy groups -OCH3 is 1. The molecule has 116 valence electrons. The molecule has 1 aromatic carbocycles. The Morgan fingerprint density at radius 3 is 2.57 bits per heavy atom. The summed E-state index contributed by atoms with van der Waals surface area (Å²) < 4.78 is 5.13. The van der Waals surface area contributed by atoms with Gasteiger partial charge in [-0.2, -0.15) is 5.10 Å². The van der Waals surface area contributed by atoms with E-state index in [2.05, 4.69) is 15.2 Å². The Balaban J connectivity index is 1.99. The smallest absolute Gasteiger partial charge is 0.269 e. The average Bonchev–Trinajstić information content (AvgIpc) is 2.62. The van der Waals surface area contributed by atoms with Gasteiger partial charge in [-0.15, -0.1) is 0 Å². The molecule has 0 amide bonds. The summed E-state index contributed by atoms with van der Waals surface area (Å²) in [6, 6.07) is 13.9. The number of pyridine rings is 1. The molecule has 0 aliphatic heterocycles. The monoisotopic (exact) mass is 308 g/mol. The van der Waals surface area contributed by atoms with Gasteiger partial charge in [0.2, 0.25) is 0 Å². The standard InChI is InChI=1S/C17H16N4O2/c1-23-12-7-5-11(6-8-12)16(18)13-10-15(20-21-17(13)22)14-4-2-3-9-19-14/h2-10,16H,18H2,1H3,(H,21,22). The van der Waals surface area contributed by atoms with Crippen LogP contribution in [0.1, 0.15) is 17.2 Å². The molecule has 3 rings (SSSR count). The van der Waals surface area contributed by atoms with Gasteiger partial charge >= 0.3 is 0 Å². The number of rotatable bonds is 4. The maximum absolute atomic E-state index is 12.1. The van der Waals surface area contributed by atoms with E-state index >= 15 is 0 Å². The molecule has 2 heterocycles. The molecule has 1 unspecified atom stereocenters. The zero-order chi connectivity index (χ0) is 16.2. The minimum Gasteiger partial charge on any atom is -0.497 e. The van der Waals surface area contributed by atoms with E-state index in [-0.39, 0.29) is 5.56 Å². The first-order chi connectivity index (χ1) is 11.2. The van der Waals surface area contributed by atoms with Crippen molar-refractivity contribution in [2.45, 2.75) is 6.04 Å². The highest BCUT2D eigenvalue weighted by molar-refractivity contribution is 5.54. The Morgan fingerprint density at radius 2 is 1.91 bits per heavy atom. The molecule has 3 N–H and O–H groups in total. The van der Waals surface area contributed by atoms with Crippen LogP contribution in [0.5, 0.6) is 5.75 Å². The molecule has 0 saturated heterocycles. The van der Waals surface area contributed by atoms with E-state index in [1.807, 2.05) is 42.5 Å². The Morgan fingerprint density at radius 1 is 1.13 bits per heavy atom. The molecule has 6 heteroatoms.